The standard InChI is InChI=1S/C21H29N5O2.HI/c1-3-22-21(25-12-10-18(11-13-25)20(27)28-4-2)23-14-17-15-24-26(16-17)19-8-6-5-7-9-19;/h5-9,15-16,18H,3-4,10-14H2,1-2H3,(H,22,23);1H. The first-order valence-electron chi connectivity index (χ1n) is 10.00. The summed E-state index contributed by atoms with van der Waals surface area (Å²) in [6, 6.07) is 10.0. The number of aliphatic imine (C=N–C) groups is 1. The van der Waals surface area contributed by atoms with Gasteiger partial charge >= 0.3 is 5.97 Å². The van der Waals surface area contributed by atoms with Crippen LogP contribution in [-0.4, -0.2) is 52.9 Å². The van der Waals surface area contributed by atoms with Crippen molar-refractivity contribution in [1.82, 2.24) is 20.0 Å². The lowest BCUT2D eigenvalue weighted by molar-refractivity contribution is -0.149. The van der Waals surface area contributed by atoms with Gasteiger partial charge in [0.2, 0.25) is 0 Å². The van der Waals surface area contributed by atoms with Crippen molar-refractivity contribution in [2.24, 2.45) is 10.9 Å². The maximum Gasteiger partial charge on any atom is 0.309 e. The second kappa shape index (κ2) is 11.8. The van der Waals surface area contributed by atoms with Gasteiger partial charge < -0.3 is 15.0 Å². The number of likely N-dealkylation sites (tertiary alicyclic amines) is 1. The Hall–Kier alpha value is -2.10. The number of guanidine groups is 1. The monoisotopic (exact) mass is 511 g/mol. The number of halogens is 1. The Labute approximate surface area is 189 Å². The Morgan fingerprint density at radius 2 is 1.97 bits per heavy atom. The molecule has 1 aliphatic rings. The molecule has 0 saturated carbocycles. The van der Waals surface area contributed by atoms with E-state index in [9.17, 15) is 4.79 Å². The fourth-order valence-corrected chi connectivity index (χ4v) is 3.34. The van der Waals surface area contributed by atoms with Gasteiger partial charge in [0.25, 0.3) is 0 Å². The fourth-order valence-electron chi connectivity index (χ4n) is 3.34. The highest BCUT2D eigenvalue weighted by atomic mass is 127. The van der Waals surface area contributed by atoms with Gasteiger partial charge in [-0.2, -0.15) is 5.10 Å². The largest absolute Gasteiger partial charge is 0.466 e. The normalized spacial score (nSPS) is 15.0. The van der Waals surface area contributed by atoms with Crippen LogP contribution in [0.1, 0.15) is 32.3 Å². The average Bonchev–Trinajstić information content (AvgIpc) is 3.21. The van der Waals surface area contributed by atoms with Gasteiger partial charge in [0.15, 0.2) is 5.96 Å². The van der Waals surface area contributed by atoms with Crippen LogP contribution in [0, 0.1) is 5.92 Å². The Balaban J connectivity index is 0.00000300. The molecule has 29 heavy (non-hydrogen) atoms. The molecule has 0 aliphatic carbocycles. The molecular weight excluding hydrogens is 481 g/mol. The molecule has 1 aliphatic heterocycles. The minimum Gasteiger partial charge on any atom is -0.466 e. The molecule has 0 spiro atoms. The molecule has 2 aromatic rings. The zero-order valence-corrected chi connectivity index (χ0v) is 19.4. The number of nitrogens with one attached hydrogen (secondary N) is 1. The van der Waals surface area contributed by atoms with Gasteiger partial charge in [-0.3, -0.25) is 4.79 Å². The summed E-state index contributed by atoms with van der Waals surface area (Å²) in [5, 5.41) is 7.79. The number of esters is 1. The third kappa shape index (κ3) is 6.45. The maximum atomic E-state index is 11.9. The highest BCUT2D eigenvalue weighted by molar-refractivity contribution is 14.0. The summed E-state index contributed by atoms with van der Waals surface area (Å²) in [7, 11) is 0. The summed E-state index contributed by atoms with van der Waals surface area (Å²) in [6.45, 7) is 7.33. The van der Waals surface area contributed by atoms with Gasteiger partial charge in [0.05, 0.1) is 31.0 Å². The molecule has 0 atom stereocenters. The first kappa shape index (κ1) is 23.2. The van der Waals surface area contributed by atoms with Crippen molar-refractivity contribution < 1.29 is 9.53 Å². The number of hydrogen-bond donors (Lipinski definition) is 1. The molecule has 158 valence electrons. The molecule has 0 bridgehead atoms. The maximum absolute atomic E-state index is 11.9. The van der Waals surface area contributed by atoms with Crippen LogP contribution in [0.4, 0.5) is 0 Å². The summed E-state index contributed by atoms with van der Waals surface area (Å²) in [6.07, 6.45) is 5.47. The lowest BCUT2D eigenvalue weighted by atomic mass is 9.97. The fraction of sp³-hybridized carbons (Fsp3) is 0.476. The van der Waals surface area contributed by atoms with Gasteiger partial charge in [-0.25, -0.2) is 9.67 Å². The van der Waals surface area contributed by atoms with Gasteiger partial charge in [-0.15, -0.1) is 24.0 Å². The number of ether oxygens (including phenoxy) is 1. The van der Waals surface area contributed by atoms with E-state index in [1.807, 2.05) is 54.3 Å². The van der Waals surface area contributed by atoms with Crippen LogP contribution in [0.5, 0.6) is 0 Å². The lowest BCUT2D eigenvalue weighted by Crippen LogP contribution is -2.46. The van der Waals surface area contributed by atoms with Crippen LogP contribution in [0.15, 0.2) is 47.7 Å². The van der Waals surface area contributed by atoms with E-state index in [4.69, 9.17) is 9.73 Å². The Morgan fingerprint density at radius 1 is 1.24 bits per heavy atom. The molecule has 1 N–H and O–H groups in total. The summed E-state index contributed by atoms with van der Waals surface area (Å²) >= 11 is 0. The molecule has 0 radical (unpaired) electrons. The molecule has 1 aromatic heterocycles. The molecule has 1 saturated heterocycles. The number of piperidine rings is 1. The van der Waals surface area contributed by atoms with Crippen LogP contribution >= 0.6 is 24.0 Å². The molecule has 8 heteroatoms. The van der Waals surface area contributed by atoms with Gasteiger partial charge in [0.1, 0.15) is 0 Å². The van der Waals surface area contributed by atoms with Crippen LogP contribution in [0.2, 0.25) is 0 Å². The van der Waals surface area contributed by atoms with Crippen molar-refractivity contribution in [1.29, 1.82) is 0 Å². The van der Waals surface area contributed by atoms with E-state index in [-0.39, 0.29) is 35.9 Å². The highest BCUT2D eigenvalue weighted by Gasteiger charge is 2.27. The predicted octanol–water partition coefficient (Wildman–Crippen LogP) is 3.23. The van der Waals surface area contributed by atoms with Crippen LogP contribution in [0.3, 0.4) is 0 Å². The van der Waals surface area contributed by atoms with Crippen molar-refractivity contribution >= 4 is 35.9 Å². The highest BCUT2D eigenvalue weighted by Crippen LogP contribution is 2.19. The van der Waals surface area contributed by atoms with E-state index in [0.29, 0.717) is 13.2 Å². The van der Waals surface area contributed by atoms with Crippen LogP contribution in [0.25, 0.3) is 5.69 Å². The first-order valence-corrected chi connectivity index (χ1v) is 10.00. The van der Waals surface area contributed by atoms with E-state index in [0.717, 1.165) is 49.7 Å². The Kier molecular flexibility index (Phi) is 9.43. The minimum atomic E-state index is -0.0718. The van der Waals surface area contributed by atoms with Crippen LogP contribution in [-0.2, 0) is 16.1 Å². The zero-order valence-electron chi connectivity index (χ0n) is 17.1. The first-order chi connectivity index (χ1) is 13.7. The van der Waals surface area contributed by atoms with Crippen molar-refractivity contribution in [3.05, 3.63) is 48.3 Å². The number of benzene rings is 1. The summed E-state index contributed by atoms with van der Waals surface area (Å²) in [4.78, 5) is 18.9. The van der Waals surface area contributed by atoms with Crippen molar-refractivity contribution in [2.45, 2.75) is 33.2 Å². The minimum absolute atomic E-state index is 0. The third-order valence-corrected chi connectivity index (χ3v) is 4.82. The molecular formula is C21H30IN5O2. The van der Waals surface area contributed by atoms with E-state index in [1.165, 1.54) is 0 Å². The number of nitrogens with zero attached hydrogens (tertiary/aromatic N) is 4. The van der Waals surface area contributed by atoms with Gasteiger partial charge in [-0.05, 0) is 38.8 Å². The number of hydrogen-bond acceptors (Lipinski definition) is 4. The average molecular weight is 511 g/mol. The number of para-hydroxylation sites is 1. The number of carbonyl (C=O) groups is 1. The summed E-state index contributed by atoms with van der Waals surface area (Å²) in [5.41, 5.74) is 2.09. The molecule has 3 rings (SSSR count). The lowest BCUT2D eigenvalue weighted by Gasteiger charge is -2.33. The molecule has 0 amide bonds. The van der Waals surface area contributed by atoms with Gasteiger partial charge in [0, 0.05) is 31.4 Å². The van der Waals surface area contributed by atoms with Crippen LogP contribution < -0.4 is 5.32 Å². The molecule has 1 aromatic carbocycles. The number of carbonyl (C=O) groups excluding carboxylic acids is 1. The van der Waals surface area contributed by atoms with E-state index >= 15 is 0 Å². The number of rotatable bonds is 6. The zero-order chi connectivity index (χ0) is 19.8. The predicted molar refractivity (Wildman–Crippen MR) is 125 cm³/mol. The molecule has 7 nitrogen and oxygen atoms in total. The second-order valence-corrected chi connectivity index (χ2v) is 6.81. The Morgan fingerprint density at radius 3 is 2.62 bits per heavy atom. The number of aromatic nitrogens is 2. The Bertz CT molecular complexity index is 785. The SMILES string of the molecule is CCNC(=NCc1cnn(-c2ccccc2)c1)N1CCC(C(=O)OCC)CC1.I. The van der Waals surface area contributed by atoms with E-state index in [1.54, 1.807) is 0 Å². The second-order valence-electron chi connectivity index (χ2n) is 6.81. The van der Waals surface area contributed by atoms with Crippen molar-refractivity contribution in [3.8, 4) is 5.69 Å². The van der Waals surface area contributed by atoms with Gasteiger partial charge in [-0.1, -0.05) is 18.2 Å². The smallest absolute Gasteiger partial charge is 0.309 e. The molecule has 0 unspecified atom stereocenters. The summed E-state index contributed by atoms with van der Waals surface area (Å²) < 4.78 is 7.02. The molecule has 1 fully saturated rings. The van der Waals surface area contributed by atoms with E-state index < -0.39 is 0 Å². The summed E-state index contributed by atoms with van der Waals surface area (Å²) in [5.74, 6) is 0.817. The molecule has 2 heterocycles. The van der Waals surface area contributed by atoms with Crippen molar-refractivity contribution in [2.75, 3.05) is 26.2 Å². The van der Waals surface area contributed by atoms with E-state index in [2.05, 4.69) is 22.2 Å². The topological polar surface area (TPSA) is 71.8 Å². The van der Waals surface area contributed by atoms with Crippen molar-refractivity contribution in [3.63, 3.8) is 0 Å². The third-order valence-electron chi connectivity index (χ3n) is 4.82. The quantitative estimate of drug-likeness (QED) is 0.279.